The first-order valence-electron chi connectivity index (χ1n) is 14.8. The van der Waals surface area contributed by atoms with Gasteiger partial charge in [-0.05, 0) is 19.3 Å². The summed E-state index contributed by atoms with van der Waals surface area (Å²) in [6.45, 7) is 2.94. The van der Waals surface area contributed by atoms with Gasteiger partial charge < -0.3 is 19.3 Å². The first-order chi connectivity index (χ1) is 18.6. The molecular weight excluding hydrogens is 543 g/mol. The van der Waals surface area contributed by atoms with E-state index in [1.54, 1.807) is 6.92 Å². The number of carbonyl (C=O) groups is 3. The molecule has 0 amide bonds. The number of phosphoric ester groups is 1. The summed E-state index contributed by atoms with van der Waals surface area (Å²) in [5.41, 5.74) is 0. The number of carbonyl (C=O) groups excluding carboxylic acids is 3. The number of ether oxygens (including phenoxy) is 2. The number of thioether (sulfide) groups is 1. The fourth-order valence-electron chi connectivity index (χ4n) is 4.03. The van der Waals surface area contributed by atoms with Crippen LogP contribution in [0, 0.1) is 0 Å². The van der Waals surface area contributed by atoms with Crippen LogP contribution in [0.2, 0.25) is 0 Å². The molecule has 230 valence electrons. The van der Waals surface area contributed by atoms with E-state index in [0.29, 0.717) is 12.8 Å². The molecule has 11 heteroatoms. The molecule has 0 rings (SSSR count). The highest BCUT2D eigenvalue weighted by Crippen LogP contribution is 2.35. The summed E-state index contributed by atoms with van der Waals surface area (Å²) in [6.07, 6.45) is 17.6. The van der Waals surface area contributed by atoms with E-state index < -0.39 is 32.5 Å². The van der Waals surface area contributed by atoms with Gasteiger partial charge in [0, 0.05) is 25.5 Å². The van der Waals surface area contributed by atoms with Gasteiger partial charge in [0.05, 0.1) is 6.61 Å². The van der Waals surface area contributed by atoms with Crippen LogP contribution in [-0.2, 0) is 32.9 Å². The molecule has 0 fully saturated rings. The van der Waals surface area contributed by atoms with Crippen molar-refractivity contribution in [1.29, 1.82) is 0 Å². The van der Waals surface area contributed by atoms with E-state index in [1.165, 1.54) is 43.9 Å². The Morgan fingerprint density at radius 3 is 1.64 bits per heavy atom. The van der Waals surface area contributed by atoms with Crippen LogP contribution in [0.15, 0.2) is 0 Å². The maximum Gasteiger partial charge on any atom is 0.469 e. The summed E-state index contributed by atoms with van der Waals surface area (Å²) in [4.78, 5) is 53.1. The number of rotatable bonds is 27. The predicted molar refractivity (Wildman–Crippen MR) is 155 cm³/mol. The minimum Gasteiger partial charge on any atom is -0.462 e. The molecule has 0 aliphatic heterocycles. The van der Waals surface area contributed by atoms with Gasteiger partial charge in [0.2, 0.25) is 0 Å². The van der Waals surface area contributed by atoms with Crippen molar-refractivity contribution >= 4 is 36.6 Å². The lowest BCUT2D eigenvalue weighted by Crippen LogP contribution is -2.29. The molecular formula is C28H53O9PS. The lowest BCUT2D eigenvalue weighted by atomic mass is 10.1. The molecule has 0 aromatic heterocycles. The highest BCUT2D eigenvalue weighted by molar-refractivity contribution is 8.13. The smallest absolute Gasteiger partial charge is 0.462 e. The zero-order valence-electron chi connectivity index (χ0n) is 24.2. The summed E-state index contributed by atoms with van der Waals surface area (Å²) in [6, 6.07) is 0. The van der Waals surface area contributed by atoms with E-state index in [2.05, 4.69) is 11.4 Å². The van der Waals surface area contributed by atoms with E-state index in [1.807, 2.05) is 0 Å². The van der Waals surface area contributed by atoms with Crippen molar-refractivity contribution in [2.24, 2.45) is 0 Å². The van der Waals surface area contributed by atoms with Crippen molar-refractivity contribution in [2.75, 3.05) is 19.0 Å². The normalized spacial score (nSPS) is 12.3. The van der Waals surface area contributed by atoms with Crippen LogP contribution in [0.4, 0.5) is 0 Å². The molecule has 0 radical (unpaired) electrons. The minimum absolute atomic E-state index is 0.170. The number of hydrogen-bond acceptors (Lipinski definition) is 8. The largest absolute Gasteiger partial charge is 0.469 e. The summed E-state index contributed by atoms with van der Waals surface area (Å²) in [5.74, 6) is -0.0394. The fraction of sp³-hybridized carbons (Fsp3) is 0.893. The number of unbranched alkanes of at least 4 members (excludes halogenated alkanes) is 15. The monoisotopic (exact) mass is 596 g/mol. The van der Waals surface area contributed by atoms with Crippen LogP contribution in [0.1, 0.15) is 136 Å². The summed E-state index contributed by atoms with van der Waals surface area (Å²) >= 11 is 1.38. The molecule has 0 aliphatic carbocycles. The van der Waals surface area contributed by atoms with Crippen LogP contribution in [-0.4, -0.2) is 51.9 Å². The molecule has 0 saturated heterocycles. The van der Waals surface area contributed by atoms with Gasteiger partial charge in [0.15, 0.2) is 11.2 Å². The summed E-state index contributed by atoms with van der Waals surface area (Å²) in [5, 5.41) is 0.170. The van der Waals surface area contributed by atoms with Crippen molar-refractivity contribution in [1.82, 2.24) is 0 Å². The Balaban J connectivity index is 4.03. The first kappa shape index (κ1) is 38.1. The summed E-state index contributed by atoms with van der Waals surface area (Å²) < 4.78 is 26.0. The van der Waals surface area contributed by atoms with E-state index in [0.717, 1.165) is 70.0 Å². The van der Waals surface area contributed by atoms with E-state index in [9.17, 15) is 18.9 Å². The molecule has 0 unspecified atom stereocenters. The van der Waals surface area contributed by atoms with Gasteiger partial charge in [-0.1, -0.05) is 109 Å². The van der Waals surface area contributed by atoms with Gasteiger partial charge >= 0.3 is 19.8 Å². The maximum absolute atomic E-state index is 12.2. The Hall–Kier alpha value is -0.930. The highest BCUT2D eigenvalue weighted by Gasteiger charge is 2.22. The highest BCUT2D eigenvalue weighted by atomic mass is 32.2. The molecule has 39 heavy (non-hydrogen) atoms. The van der Waals surface area contributed by atoms with Crippen molar-refractivity contribution in [3.63, 3.8) is 0 Å². The zero-order valence-corrected chi connectivity index (χ0v) is 26.0. The first-order valence-corrected chi connectivity index (χ1v) is 17.3. The maximum atomic E-state index is 12.2. The summed E-state index contributed by atoms with van der Waals surface area (Å²) in [7, 11) is -4.74. The molecule has 2 N–H and O–H groups in total. The van der Waals surface area contributed by atoms with E-state index in [-0.39, 0.29) is 24.6 Å². The molecule has 0 aromatic carbocycles. The van der Waals surface area contributed by atoms with Gasteiger partial charge in [0.1, 0.15) is 6.61 Å². The zero-order chi connectivity index (χ0) is 29.2. The second-order valence-electron chi connectivity index (χ2n) is 10.1. The number of phosphoric acid groups is 1. The van der Waals surface area contributed by atoms with E-state index in [4.69, 9.17) is 19.3 Å². The van der Waals surface area contributed by atoms with Crippen molar-refractivity contribution in [3.05, 3.63) is 0 Å². The van der Waals surface area contributed by atoms with Gasteiger partial charge in [-0.25, -0.2) is 4.57 Å². The SMILES string of the molecule is CCCCCCCCCCCC(=O)O[C@H](COC(=O)CCCCCCCCCCSC(C)=O)COP(=O)(O)O. The lowest BCUT2D eigenvalue weighted by molar-refractivity contribution is -0.161. The fourth-order valence-corrected chi connectivity index (χ4v) is 5.02. The Labute approximate surface area is 240 Å². The van der Waals surface area contributed by atoms with Crippen LogP contribution >= 0.6 is 19.6 Å². The van der Waals surface area contributed by atoms with Crippen LogP contribution < -0.4 is 0 Å². The van der Waals surface area contributed by atoms with Crippen molar-refractivity contribution < 1.29 is 42.7 Å². The van der Waals surface area contributed by atoms with Crippen LogP contribution in [0.3, 0.4) is 0 Å². The van der Waals surface area contributed by atoms with Gasteiger partial charge in [-0.2, -0.15) is 0 Å². The number of esters is 2. The Kier molecular flexibility index (Phi) is 25.4. The minimum atomic E-state index is -4.74. The standard InChI is InChI=1S/C28H53O9PS/c1-3-4-5-6-7-8-12-15-18-21-28(31)37-26(24-36-38(32,33)34)23-35-27(30)20-17-14-11-9-10-13-16-19-22-39-25(2)29/h26H,3-24H2,1-2H3,(H2,32,33,34)/t26-/m1/s1. The molecule has 0 bridgehead atoms. The molecule has 1 atom stereocenters. The Morgan fingerprint density at radius 2 is 1.15 bits per heavy atom. The molecule has 0 aliphatic rings. The molecule has 0 heterocycles. The molecule has 0 saturated carbocycles. The Bertz CT molecular complexity index is 684. The second-order valence-corrected chi connectivity index (χ2v) is 12.6. The lowest BCUT2D eigenvalue weighted by Gasteiger charge is -2.18. The van der Waals surface area contributed by atoms with Gasteiger partial charge in [-0.15, -0.1) is 0 Å². The molecule has 9 nitrogen and oxygen atoms in total. The third-order valence-corrected chi connectivity index (χ3v) is 7.61. The van der Waals surface area contributed by atoms with Crippen molar-refractivity contribution in [3.8, 4) is 0 Å². The Morgan fingerprint density at radius 1 is 0.692 bits per heavy atom. The molecule has 0 spiro atoms. The third kappa shape index (κ3) is 29.9. The predicted octanol–water partition coefficient (Wildman–Crippen LogP) is 7.26. The van der Waals surface area contributed by atoms with Crippen LogP contribution in [0.25, 0.3) is 0 Å². The quantitative estimate of drug-likeness (QED) is 0.0566. The van der Waals surface area contributed by atoms with E-state index >= 15 is 0 Å². The average Bonchev–Trinajstić information content (AvgIpc) is 2.87. The second kappa shape index (κ2) is 26.0. The topological polar surface area (TPSA) is 136 Å². The van der Waals surface area contributed by atoms with Gasteiger partial charge in [0.25, 0.3) is 0 Å². The van der Waals surface area contributed by atoms with Crippen LogP contribution in [0.5, 0.6) is 0 Å². The number of hydrogen-bond donors (Lipinski definition) is 2. The van der Waals surface area contributed by atoms with Gasteiger partial charge in [-0.3, -0.25) is 18.9 Å². The molecule has 0 aromatic rings. The average molecular weight is 597 g/mol. The third-order valence-electron chi connectivity index (χ3n) is 6.22. The van der Waals surface area contributed by atoms with Crippen molar-refractivity contribution in [2.45, 2.75) is 142 Å².